The molecule has 3 aromatic rings. The Morgan fingerprint density at radius 2 is 2.11 bits per heavy atom. The molecule has 0 bridgehead atoms. The first-order valence-corrected chi connectivity index (χ1v) is 10.9. The van der Waals surface area contributed by atoms with Gasteiger partial charge in [-0.05, 0) is 83.4 Å². The Morgan fingerprint density at radius 1 is 1.29 bits per heavy atom. The highest BCUT2D eigenvalue weighted by atomic mass is 79.9. The number of aryl methyl sites for hydroxylation is 2. The minimum atomic E-state index is -0.0288. The van der Waals surface area contributed by atoms with E-state index in [-0.39, 0.29) is 5.78 Å². The number of ketones is 1. The van der Waals surface area contributed by atoms with Crippen LogP contribution in [0.2, 0.25) is 5.02 Å². The van der Waals surface area contributed by atoms with Gasteiger partial charge in [-0.25, -0.2) is 0 Å². The van der Waals surface area contributed by atoms with Crippen LogP contribution in [0.1, 0.15) is 45.0 Å². The molecule has 0 saturated heterocycles. The van der Waals surface area contributed by atoms with E-state index in [1.165, 1.54) is 16.2 Å². The van der Waals surface area contributed by atoms with E-state index in [2.05, 4.69) is 22.9 Å². The third-order valence-electron chi connectivity index (χ3n) is 4.07. The highest BCUT2D eigenvalue weighted by molar-refractivity contribution is 9.10. The molecular weight excluding hydrogens is 460 g/mol. The summed E-state index contributed by atoms with van der Waals surface area (Å²) in [5.74, 6) is 2.00. The lowest BCUT2D eigenvalue weighted by atomic mass is 10.2. The molecule has 0 saturated carbocycles. The maximum Gasteiger partial charge on any atom is 0.195 e. The monoisotopic (exact) mass is 478 g/mol. The molecule has 0 radical (unpaired) electrons. The van der Waals surface area contributed by atoms with Crippen molar-refractivity contribution in [3.05, 3.63) is 78.8 Å². The minimum Gasteiger partial charge on any atom is -0.486 e. The SMILES string of the molecule is CCCc1sc(C(=O)/C=C/c2ccc(COc3ccc(Cl)c(C)c3)o2)cc1Br. The van der Waals surface area contributed by atoms with Crippen LogP contribution >= 0.6 is 38.9 Å². The predicted octanol–water partition coefficient (Wildman–Crippen LogP) is 7.49. The zero-order chi connectivity index (χ0) is 20.1. The summed E-state index contributed by atoms with van der Waals surface area (Å²) in [6.45, 7) is 4.36. The third-order valence-corrected chi connectivity index (χ3v) is 6.67. The summed E-state index contributed by atoms with van der Waals surface area (Å²) in [6.07, 6.45) is 5.25. The number of hydrogen-bond donors (Lipinski definition) is 0. The number of hydrogen-bond acceptors (Lipinski definition) is 4. The van der Waals surface area contributed by atoms with Gasteiger partial charge in [0, 0.05) is 14.4 Å². The van der Waals surface area contributed by atoms with Crippen LogP contribution < -0.4 is 4.74 Å². The fourth-order valence-corrected chi connectivity index (χ4v) is 4.60. The summed E-state index contributed by atoms with van der Waals surface area (Å²) in [5, 5.41) is 0.710. The van der Waals surface area contributed by atoms with Crippen LogP contribution in [-0.4, -0.2) is 5.78 Å². The summed E-state index contributed by atoms with van der Waals surface area (Å²) >= 11 is 11.1. The molecule has 0 fully saturated rings. The van der Waals surface area contributed by atoms with E-state index in [4.69, 9.17) is 20.8 Å². The smallest absolute Gasteiger partial charge is 0.195 e. The Hall–Kier alpha value is -1.82. The number of furan rings is 1. The van der Waals surface area contributed by atoms with E-state index in [1.54, 1.807) is 12.2 Å². The zero-order valence-corrected chi connectivity index (χ0v) is 18.8. The van der Waals surface area contributed by atoms with Crippen molar-refractivity contribution in [3.63, 3.8) is 0 Å². The van der Waals surface area contributed by atoms with Gasteiger partial charge in [-0.15, -0.1) is 11.3 Å². The Morgan fingerprint density at radius 3 is 2.86 bits per heavy atom. The summed E-state index contributed by atoms with van der Waals surface area (Å²) in [7, 11) is 0. The lowest BCUT2D eigenvalue weighted by Crippen LogP contribution is -1.94. The second-order valence-electron chi connectivity index (χ2n) is 6.33. The van der Waals surface area contributed by atoms with E-state index >= 15 is 0 Å². The number of allylic oxidation sites excluding steroid dienone is 1. The van der Waals surface area contributed by atoms with Crippen LogP contribution in [0.25, 0.3) is 6.08 Å². The van der Waals surface area contributed by atoms with Crippen molar-refractivity contribution in [1.29, 1.82) is 0 Å². The fourth-order valence-electron chi connectivity index (χ4n) is 2.59. The van der Waals surface area contributed by atoms with Crippen molar-refractivity contribution in [1.82, 2.24) is 0 Å². The van der Waals surface area contributed by atoms with Crippen LogP contribution in [0.5, 0.6) is 5.75 Å². The predicted molar refractivity (Wildman–Crippen MR) is 119 cm³/mol. The molecule has 28 heavy (non-hydrogen) atoms. The van der Waals surface area contributed by atoms with Crippen molar-refractivity contribution in [2.45, 2.75) is 33.3 Å². The maximum atomic E-state index is 12.4. The van der Waals surface area contributed by atoms with Gasteiger partial charge in [0.2, 0.25) is 0 Å². The Bertz CT molecular complexity index is 1000. The molecule has 0 spiro atoms. The second kappa shape index (κ2) is 9.59. The summed E-state index contributed by atoms with van der Waals surface area (Å²) in [6, 6.07) is 11.1. The van der Waals surface area contributed by atoms with Gasteiger partial charge in [0.25, 0.3) is 0 Å². The molecule has 0 amide bonds. The highest BCUT2D eigenvalue weighted by Gasteiger charge is 2.11. The van der Waals surface area contributed by atoms with E-state index < -0.39 is 0 Å². The first-order chi connectivity index (χ1) is 13.5. The molecule has 0 aliphatic heterocycles. The largest absolute Gasteiger partial charge is 0.486 e. The van der Waals surface area contributed by atoms with Gasteiger partial charge in [0.05, 0.1) is 4.88 Å². The normalized spacial score (nSPS) is 11.3. The number of thiophene rings is 1. The van der Waals surface area contributed by atoms with Crippen molar-refractivity contribution in [2.24, 2.45) is 0 Å². The topological polar surface area (TPSA) is 39.4 Å². The van der Waals surface area contributed by atoms with Crippen LogP contribution in [-0.2, 0) is 13.0 Å². The number of carbonyl (C=O) groups is 1. The van der Waals surface area contributed by atoms with Crippen LogP contribution in [0.3, 0.4) is 0 Å². The Balaban J connectivity index is 1.59. The minimum absolute atomic E-state index is 0.0288. The zero-order valence-electron chi connectivity index (χ0n) is 15.6. The van der Waals surface area contributed by atoms with Gasteiger partial charge in [-0.2, -0.15) is 0 Å². The summed E-state index contributed by atoms with van der Waals surface area (Å²) in [4.78, 5) is 14.3. The van der Waals surface area contributed by atoms with Gasteiger partial charge in [0.1, 0.15) is 23.9 Å². The molecular formula is C22H20BrClO3S. The third kappa shape index (κ3) is 5.37. The fraction of sp³-hybridized carbons (Fsp3) is 0.227. The number of benzene rings is 1. The maximum absolute atomic E-state index is 12.4. The Kier molecular flexibility index (Phi) is 7.16. The van der Waals surface area contributed by atoms with Crippen molar-refractivity contribution in [2.75, 3.05) is 0 Å². The van der Waals surface area contributed by atoms with Gasteiger partial charge in [-0.1, -0.05) is 24.9 Å². The number of halogens is 2. The molecule has 0 aliphatic rings. The standard InChI is InChI=1S/C22H20BrClO3S/c1-3-4-21-18(23)12-22(28-21)20(25)10-8-15-5-6-17(27-15)13-26-16-7-9-19(24)14(2)11-16/h5-12H,3-4,13H2,1-2H3/b10-8+. The van der Waals surface area contributed by atoms with Crippen molar-refractivity contribution >= 4 is 50.7 Å². The van der Waals surface area contributed by atoms with Gasteiger partial charge in [0.15, 0.2) is 5.78 Å². The lowest BCUT2D eigenvalue weighted by Gasteiger charge is -2.05. The lowest BCUT2D eigenvalue weighted by molar-refractivity contribution is 0.105. The molecule has 0 N–H and O–H groups in total. The molecule has 3 nitrogen and oxygen atoms in total. The van der Waals surface area contributed by atoms with Crippen LogP contribution in [0.4, 0.5) is 0 Å². The molecule has 146 valence electrons. The molecule has 0 unspecified atom stereocenters. The van der Waals surface area contributed by atoms with Crippen molar-refractivity contribution < 1.29 is 13.9 Å². The number of carbonyl (C=O) groups excluding carboxylic acids is 1. The van der Waals surface area contributed by atoms with E-state index in [9.17, 15) is 4.79 Å². The molecule has 1 aromatic carbocycles. The molecule has 2 heterocycles. The average Bonchev–Trinajstić information content (AvgIpc) is 3.28. The molecule has 6 heteroatoms. The molecule has 3 rings (SSSR count). The first kappa shape index (κ1) is 20.9. The van der Waals surface area contributed by atoms with Crippen molar-refractivity contribution in [3.8, 4) is 5.75 Å². The number of ether oxygens (including phenoxy) is 1. The molecule has 0 atom stereocenters. The van der Waals surface area contributed by atoms with Crippen LogP contribution in [0, 0.1) is 6.92 Å². The molecule has 0 aliphatic carbocycles. The number of rotatable bonds is 8. The summed E-state index contributed by atoms with van der Waals surface area (Å²) < 4.78 is 12.5. The van der Waals surface area contributed by atoms with E-state index in [1.807, 2.05) is 43.3 Å². The first-order valence-electron chi connectivity index (χ1n) is 8.94. The highest BCUT2D eigenvalue weighted by Crippen LogP contribution is 2.29. The van der Waals surface area contributed by atoms with E-state index in [0.29, 0.717) is 23.2 Å². The second-order valence-corrected chi connectivity index (χ2v) is 8.73. The van der Waals surface area contributed by atoms with Gasteiger partial charge >= 0.3 is 0 Å². The Labute approximate surface area is 182 Å². The quantitative estimate of drug-likeness (QED) is 0.248. The van der Waals surface area contributed by atoms with Gasteiger partial charge < -0.3 is 9.15 Å². The van der Waals surface area contributed by atoms with Crippen LogP contribution in [0.15, 0.2) is 51.4 Å². The average molecular weight is 480 g/mol. The van der Waals surface area contributed by atoms with Gasteiger partial charge in [-0.3, -0.25) is 4.79 Å². The molecule has 2 aromatic heterocycles. The summed E-state index contributed by atoms with van der Waals surface area (Å²) in [5.41, 5.74) is 0.961. The van der Waals surface area contributed by atoms with E-state index in [0.717, 1.165) is 33.5 Å².